The Morgan fingerprint density at radius 1 is 0.534 bits per heavy atom. The summed E-state index contributed by atoms with van der Waals surface area (Å²) in [6.45, 7) is 35.4. The van der Waals surface area contributed by atoms with Crippen molar-refractivity contribution in [3.05, 3.63) is 177 Å². The molecule has 9 saturated heterocycles. The summed E-state index contributed by atoms with van der Waals surface area (Å²) < 4.78 is 43.2. The number of fused-ring (bicyclic) bond motifs is 6. The first-order chi connectivity index (χ1) is 56.4. The number of amides is 4. The van der Waals surface area contributed by atoms with Crippen molar-refractivity contribution in [3.63, 3.8) is 0 Å². The summed E-state index contributed by atoms with van der Waals surface area (Å²) in [4.78, 5) is 101. The van der Waals surface area contributed by atoms with Gasteiger partial charge in [-0.25, -0.2) is 4.79 Å². The number of aliphatic hydroxyl groups is 1. The number of piperidine rings is 3. The van der Waals surface area contributed by atoms with E-state index in [0.29, 0.717) is 98.7 Å². The summed E-state index contributed by atoms with van der Waals surface area (Å²) in [7, 11) is 3.28. The maximum absolute atomic E-state index is 13.8. The number of halogens is 3. The number of aldehydes is 1. The normalized spacial score (nSPS) is 25.1. The Morgan fingerprint density at radius 2 is 0.814 bits per heavy atom. The maximum Gasteiger partial charge on any atom is 0.446 e. The lowest BCUT2D eigenvalue weighted by molar-refractivity contribution is -0.156. The average molecular weight is 1660 g/mol. The molecule has 3 aliphatic carbocycles. The Morgan fingerprint density at radius 3 is 1.07 bits per heavy atom. The van der Waals surface area contributed by atoms with Crippen molar-refractivity contribution < 1.29 is 48.4 Å². The molecule has 12 fully saturated rings. The highest BCUT2D eigenvalue weighted by Crippen LogP contribution is 2.54. The number of ether oxygens (including phenoxy) is 1. The number of aliphatic hydroxyl groups excluding tert-OH is 1. The van der Waals surface area contributed by atoms with Gasteiger partial charge in [-0.1, -0.05) is 77.4 Å². The number of anilines is 6. The monoisotopic (exact) mass is 1660 g/mol. The lowest BCUT2D eigenvalue weighted by atomic mass is 9.75. The van der Waals surface area contributed by atoms with Gasteiger partial charge in [0.05, 0.1) is 17.1 Å². The van der Waals surface area contributed by atoms with Crippen LogP contribution in [0.25, 0.3) is 14.5 Å². The number of nitrogens with zero attached hydrogens (tertiary/aromatic N) is 14. The predicted octanol–water partition coefficient (Wildman–Crippen LogP) is 19.0. The van der Waals surface area contributed by atoms with Gasteiger partial charge >= 0.3 is 12.3 Å². The number of pyridine rings is 3. The Bertz CT molecular complexity index is 4940. The minimum absolute atomic E-state index is 0. The molecule has 118 heavy (non-hydrogen) atoms. The molecule has 6 aromatic rings. The molecule has 622 valence electrons. The predicted molar refractivity (Wildman–Crippen MR) is 466 cm³/mol. The van der Waals surface area contributed by atoms with Crippen molar-refractivity contribution in [3.8, 4) is 0 Å². The lowest BCUT2D eigenvalue weighted by Crippen LogP contribution is -2.55. The third kappa shape index (κ3) is 16.4. The van der Waals surface area contributed by atoms with E-state index in [2.05, 4.69) is 129 Å². The molecular weight excluding hydrogens is 1560 g/mol. The highest BCUT2D eigenvalue weighted by Gasteiger charge is 2.63. The van der Waals surface area contributed by atoms with Crippen LogP contribution in [0, 0.1) is 40.5 Å². The molecule has 3 aromatic carbocycles. The number of alkyl halides is 3. The number of aromatic nitrogens is 3. The zero-order valence-electron chi connectivity index (χ0n) is 68.7. The van der Waals surface area contributed by atoms with E-state index in [1.165, 1.54) is 68.1 Å². The highest BCUT2D eigenvalue weighted by atomic mass is 32.1. The fourth-order valence-electron chi connectivity index (χ4n) is 19.8. The van der Waals surface area contributed by atoms with Crippen LogP contribution in [0.1, 0.15) is 229 Å². The number of hydrogen-bond donors (Lipinski definition) is 2. The van der Waals surface area contributed by atoms with E-state index >= 15 is 0 Å². The van der Waals surface area contributed by atoms with Crippen molar-refractivity contribution in [2.75, 3.05) is 43.6 Å². The second-order valence-electron chi connectivity index (χ2n) is 33.7. The maximum atomic E-state index is 13.8. The van der Waals surface area contributed by atoms with Crippen LogP contribution in [0.2, 0.25) is 0 Å². The van der Waals surface area contributed by atoms with Gasteiger partial charge in [0, 0.05) is 61.8 Å². The number of benzene rings is 3. The SMILES string of the molecule is C.CO.O=CC(F)(F)F.[2H]CC.[C-]#[N+]c1ncc(N2C(=O)C3(CCC3)N(c3ccc(C4CC5CCC(C4)N5)cc3)C2=S)cc1C.[C-]#[N+]c1ncc(N2C(=O)C3(CCC3)N(c3ccc(C4CC5CCC(C4)N5C(=O)OC(C)(C)C)cc3)C2=S)cc1C.[C-]#[N+]c1ncc(N2C(=O)C3(CCC3)N(c3ccc(C4CC5CCC(C4)N5C)cc3)C2=S)cc1C. The molecule has 18 rings (SSSR count). The third-order valence-corrected chi connectivity index (χ3v) is 27.0. The first kappa shape index (κ1) is 86.1. The van der Waals surface area contributed by atoms with Gasteiger partial charge in [0.15, 0.2) is 15.3 Å². The van der Waals surface area contributed by atoms with E-state index in [1.54, 1.807) is 40.2 Å². The molecule has 6 bridgehead atoms. The van der Waals surface area contributed by atoms with Gasteiger partial charge in [-0.3, -0.25) is 33.9 Å². The van der Waals surface area contributed by atoms with Crippen LogP contribution < -0.4 is 34.7 Å². The van der Waals surface area contributed by atoms with Gasteiger partial charge in [0.1, 0.15) is 40.8 Å². The van der Waals surface area contributed by atoms with Crippen LogP contribution >= 0.6 is 36.7 Å². The molecule has 6 unspecified atom stereocenters. The Labute approximate surface area is 708 Å². The Kier molecular flexibility index (Phi) is 25.8. The molecule has 22 nitrogen and oxygen atoms in total. The lowest BCUT2D eigenvalue weighted by Gasteiger charge is -2.43. The zero-order valence-corrected chi connectivity index (χ0v) is 70.2. The highest BCUT2D eigenvalue weighted by molar-refractivity contribution is 7.81. The summed E-state index contributed by atoms with van der Waals surface area (Å²) in [6, 6.07) is 34.8. The molecule has 12 heterocycles. The number of aryl methyl sites for hydroxylation is 3. The van der Waals surface area contributed by atoms with E-state index in [-0.39, 0.29) is 43.3 Å². The van der Waals surface area contributed by atoms with Crippen LogP contribution in [0.4, 0.5) is 69.5 Å². The molecule has 3 spiro atoms. The second-order valence-corrected chi connectivity index (χ2v) is 34.8. The number of hydrogen-bond acceptors (Lipinski definition) is 15. The molecule has 28 heteroatoms. The van der Waals surface area contributed by atoms with Crippen LogP contribution in [0.3, 0.4) is 0 Å². The van der Waals surface area contributed by atoms with E-state index in [9.17, 15) is 32.3 Å². The number of rotatable bonds is 9. The fraction of sp³-hybridized carbons (Fsp3) is 0.511. The molecule has 12 aliphatic rings. The van der Waals surface area contributed by atoms with Gasteiger partial charge in [0.25, 0.3) is 35.2 Å². The number of thiocarbonyl (C=S) groups is 3. The minimum atomic E-state index is -4.64. The summed E-state index contributed by atoms with van der Waals surface area (Å²) in [6.07, 6.45) is 20.6. The van der Waals surface area contributed by atoms with Gasteiger partial charge in [0.2, 0.25) is 6.29 Å². The van der Waals surface area contributed by atoms with Gasteiger partial charge in [-0.2, -0.15) is 13.2 Å². The quantitative estimate of drug-likeness (QED) is 0.0784. The van der Waals surface area contributed by atoms with Crippen LogP contribution in [-0.4, -0.2) is 154 Å². The average Bonchev–Trinajstić information content (AvgIpc) is 1.57. The molecule has 2 N–H and O–H groups in total. The molecule has 3 aromatic heterocycles. The summed E-state index contributed by atoms with van der Waals surface area (Å²) in [5.74, 6) is 2.66. The standard InChI is InChI=1S/C31H35N5O3S.C27H29N5OS.C26H27N5OS.C2HF3O.C2H6.CH4O.CH4/c1-19-15-25(18-33-26(19)32-5)35-27(37)31(13-6-14-31)36(28(35)40)22-9-7-20(8-10-22)21-16-23-11-12-24(17-21)34(23)29(38)39-30(2,3)4;1-17-13-23(16-29-24(17)28-2)31-25(33)27(11-4-12-27)32(26(31)34)20-7-5-18(6-8-20)19-14-21-9-10-22(15-19)30(21)3;1-16-12-22(15-28-23(16)27-2)30-24(32)26(10-3-11-26)31(25(30)33)21-8-4-17(5-9-21)18-13-19-6-7-20(14-18)29-19;3-2(4,5)1-6;2*1-2;/h7-10,15,18,21,23-24H,6,11-14,16-17H2,1-4H3;5-8,13,16,19,21-22H,4,9-12,14-15H2,1,3H3;4-5,8-9,12,15,18-20,29H,3,6-7,10-11,13-14H2,1H3;1H;1-2H3;2H,1H3;1H4/i;;;;1D;;. The van der Waals surface area contributed by atoms with Gasteiger partial charge in [-0.05, 0) is 326 Å². The van der Waals surface area contributed by atoms with E-state index in [1.807, 2.05) is 69.5 Å². The largest absolute Gasteiger partial charge is 0.446 e. The first-order valence-corrected chi connectivity index (χ1v) is 41.8. The number of carbonyl (C=O) groups excluding carboxylic acids is 5. The molecule has 0 radical (unpaired) electrons. The van der Waals surface area contributed by atoms with Gasteiger partial charge < -0.3 is 54.2 Å². The Balaban J connectivity index is 0.000000154. The van der Waals surface area contributed by atoms with E-state index in [4.69, 9.17) is 72.4 Å². The Hall–Kier alpha value is -9.73. The van der Waals surface area contributed by atoms with Crippen molar-refractivity contribution in [1.82, 2.24) is 30.1 Å². The molecule has 9 aliphatic heterocycles. The van der Waals surface area contributed by atoms with Crippen molar-refractivity contribution in [2.45, 2.75) is 280 Å². The van der Waals surface area contributed by atoms with Crippen molar-refractivity contribution in [1.29, 1.82) is 0 Å². The zero-order chi connectivity index (χ0) is 84.7. The second kappa shape index (κ2) is 35.3. The van der Waals surface area contributed by atoms with Gasteiger partial charge in [-0.15, -0.1) is 15.0 Å². The smallest absolute Gasteiger partial charge is 0.444 e. The first-order valence-electron chi connectivity index (χ1n) is 41.3. The van der Waals surface area contributed by atoms with E-state index < -0.39 is 34.7 Å². The molecule has 3 saturated carbocycles. The van der Waals surface area contributed by atoms with Crippen LogP contribution in [-0.2, 0) is 23.9 Å². The van der Waals surface area contributed by atoms with Crippen molar-refractivity contribution >= 4 is 134 Å². The topological polar surface area (TPSA) is 205 Å². The minimum Gasteiger partial charge on any atom is -0.444 e. The summed E-state index contributed by atoms with van der Waals surface area (Å²) in [5.41, 5.74) is 8.71. The van der Waals surface area contributed by atoms with E-state index in [0.717, 1.165) is 124 Å². The van der Waals surface area contributed by atoms with Crippen LogP contribution in [0.15, 0.2) is 110 Å². The number of carbonyl (C=O) groups is 5. The summed E-state index contributed by atoms with van der Waals surface area (Å²) >= 11 is 17.7. The number of nitrogens with one attached hydrogen (secondary N) is 1. The molecule has 6 atom stereocenters. The third-order valence-electron chi connectivity index (χ3n) is 25.9. The van der Waals surface area contributed by atoms with Crippen LogP contribution in [0.5, 0.6) is 0 Å². The van der Waals surface area contributed by atoms with Crippen molar-refractivity contribution in [2.24, 2.45) is 0 Å². The fourth-order valence-corrected chi connectivity index (χ4v) is 21.2. The molecule has 4 amide bonds. The summed E-state index contributed by atoms with van der Waals surface area (Å²) in [5, 5.41) is 12.2. The molecular formula is C90H106F3N15O7S3.